The lowest BCUT2D eigenvalue weighted by Crippen LogP contribution is -2.39. The van der Waals surface area contributed by atoms with Gasteiger partial charge in [-0.2, -0.15) is 5.26 Å². The number of nitrogens with one attached hydrogen (secondary N) is 1. The van der Waals surface area contributed by atoms with Crippen LogP contribution in [0.4, 0.5) is 5.69 Å². The van der Waals surface area contributed by atoms with Crippen LogP contribution < -0.4 is 5.32 Å². The van der Waals surface area contributed by atoms with Crippen molar-refractivity contribution in [3.05, 3.63) is 29.8 Å². The molecule has 1 fully saturated rings. The molecule has 1 aliphatic carbocycles. The molecule has 1 aromatic carbocycles. The maximum atomic E-state index is 12.0. The van der Waals surface area contributed by atoms with E-state index in [1.165, 1.54) is 12.8 Å². The van der Waals surface area contributed by atoms with Crippen molar-refractivity contribution in [2.24, 2.45) is 0 Å². The van der Waals surface area contributed by atoms with Crippen LogP contribution in [0.3, 0.4) is 0 Å². The van der Waals surface area contributed by atoms with Gasteiger partial charge in [-0.1, -0.05) is 6.07 Å². The van der Waals surface area contributed by atoms with Crippen LogP contribution >= 0.6 is 0 Å². The average molecular weight is 257 g/mol. The molecule has 4 heteroatoms. The van der Waals surface area contributed by atoms with E-state index < -0.39 is 0 Å². The number of nitriles is 1. The Morgan fingerprint density at radius 2 is 2.26 bits per heavy atom. The number of carbonyl (C=O) groups excluding carboxylic acids is 1. The van der Waals surface area contributed by atoms with Crippen molar-refractivity contribution in [3.8, 4) is 6.07 Å². The number of anilines is 1. The Morgan fingerprint density at radius 1 is 1.53 bits per heavy atom. The summed E-state index contributed by atoms with van der Waals surface area (Å²) in [5.74, 6) is -0.0179. The second kappa shape index (κ2) is 5.85. The number of rotatable bonds is 5. The first-order valence-corrected chi connectivity index (χ1v) is 6.66. The van der Waals surface area contributed by atoms with Crippen LogP contribution in [0, 0.1) is 11.3 Å². The molecule has 0 unspecified atom stereocenters. The molecule has 1 aromatic rings. The molecule has 0 atom stereocenters. The van der Waals surface area contributed by atoms with E-state index in [0.717, 1.165) is 0 Å². The Labute approximate surface area is 114 Å². The highest BCUT2D eigenvalue weighted by Crippen LogP contribution is 2.28. The number of hydrogen-bond acceptors (Lipinski definition) is 3. The van der Waals surface area contributed by atoms with Crippen LogP contribution in [-0.2, 0) is 4.79 Å². The molecule has 0 aromatic heterocycles. The summed E-state index contributed by atoms with van der Waals surface area (Å²) in [4.78, 5) is 14.2. The normalized spacial score (nSPS) is 14.5. The van der Waals surface area contributed by atoms with E-state index in [2.05, 4.69) is 30.1 Å². The smallest absolute Gasteiger partial charge is 0.238 e. The molecular weight excluding hydrogens is 238 g/mol. The summed E-state index contributed by atoms with van der Waals surface area (Å²) in [5, 5.41) is 11.7. The first-order chi connectivity index (χ1) is 9.10. The Balaban J connectivity index is 1.94. The first kappa shape index (κ1) is 13.6. The van der Waals surface area contributed by atoms with Gasteiger partial charge in [0.05, 0.1) is 18.2 Å². The molecule has 4 nitrogen and oxygen atoms in total. The lowest BCUT2D eigenvalue weighted by Gasteiger charge is -2.25. The first-order valence-electron chi connectivity index (χ1n) is 6.66. The second-order valence-electron chi connectivity index (χ2n) is 5.24. The molecule has 1 saturated carbocycles. The monoisotopic (exact) mass is 257 g/mol. The Hall–Kier alpha value is -1.86. The summed E-state index contributed by atoms with van der Waals surface area (Å²) in [5.41, 5.74) is 1.24. The van der Waals surface area contributed by atoms with E-state index in [0.29, 0.717) is 29.9 Å². The molecule has 0 spiro atoms. The van der Waals surface area contributed by atoms with Crippen LogP contribution in [0.5, 0.6) is 0 Å². The van der Waals surface area contributed by atoms with Gasteiger partial charge in [0, 0.05) is 17.8 Å². The van der Waals surface area contributed by atoms with Crippen molar-refractivity contribution in [2.75, 3.05) is 11.9 Å². The van der Waals surface area contributed by atoms with E-state index in [1.807, 2.05) is 0 Å². The molecule has 0 aliphatic heterocycles. The van der Waals surface area contributed by atoms with Crippen LogP contribution in [0.25, 0.3) is 0 Å². The van der Waals surface area contributed by atoms with E-state index in [-0.39, 0.29) is 5.91 Å². The third-order valence-corrected chi connectivity index (χ3v) is 3.28. The van der Waals surface area contributed by atoms with Gasteiger partial charge in [0.15, 0.2) is 0 Å². The van der Waals surface area contributed by atoms with Gasteiger partial charge in [-0.25, -0.2) is 0 Å². The van der Waals surface area contributed by atoms with Crippen molar-refractivity contribution in [2.45, 2.75) is 38.8 Å². The molecule has 0 heterocycles. The largest absolute Gasteiger partial charge is 0.325 e. The molecule has 0 bridgehead atoms. The SMILES string of the molecule is CC(C)N(CC(=O)Nc1cccc(C#N)c1)C1CC1. The molecule has 1 aliphatic rings. The van der Waals surface area contributed by atoms with Gasteiger partial charge in [-0.05, 0) is 44.9 Å². The maximum Gasteiger partial charge on any atom is 0.238 e. The quantitative estimate of drug-likeness (QED) is 0.881. The van der Waals surface area contributed by atoms with Crippen LogP contribution in [-0.4, -0.2) is 29.4 Å². The zero-order valence-corrected chi connectivity index (χ0v) is 11.4. The summed E-state index contributed by atoms with van der Waals surface area (Å²) < 4.78 is 0. The Morgan fingerprint density at radius 3 is 2.84 bits per heavy atom. The summed E-state index contributed by atoms with van der Waals surface area (Å²) in [6.07, 6.45) is 2.38. The maximum absolute atomic E-state index is 12.0. The summed E-state index contributed by atoms with van der Waals surface area (Å²) in [6.45, 7) is 4.64. The topological polar surface area (TPSA) is 56.1 Å². The van der Waals surface area contributed by atoms with E-state index >= 15 is 0 Å². The predicted octanol–water partition coefficient (Wildman–Crippen LogP) is 2.37. The highest BCUT2D eigenvalue weighted by atomic mass is 16.2. The molecule has 19 heavy (non-hydrogen) atoms. The van der Waals surface area contributed by atoms with Crippen LogP contribution in [0.15, 0.2) is 24.3 Å². The summed E-state index contributed by atoms with van der Waals surface area (Å²) in [6, 6.07) is 10.00. The zero-order chi connectivity index (χ0) is 13.8. The summed E-state index contributed by atoms with van der Waals surface area (Å²) in [7, 11) is 0. The molecule has 0 radical (unpaired) electrons. The molecular formula is C15H19N3O. The highest BCUT2D eigenvalue weighted by molar-refractivity contribution is 5.92. The minimum absolute atomic E-state index is 0.0179. The fraction of sp³-hybridized carbons (Fsp3) is 0.467. The number of benzene rings is 1. The van der Waals surface area contributed by atoms with Crippen molar-refractivity contribution in [1.82, 2.24) is 4.90 Å². The Bertz CT molecular complexity index is 498. The van der Waals surface area contributed by atoms with Crippen molar-refractivity contribution < 1.29 is 4.79 Å². The molecule has 0 saturated heterocycles. The molecule has 100 valence electrons. The third-order valence-electron chi connectivity index (χ3n) is 3.28. The lowest BCUT2D eigenvalue weighted by atomic mass is 10.2. The van der Waals surface area contributed by atoms with Gasteiger partial charge in [0.2, 0.25) is 5.91 Å². The third kappa shape index (κ3) is 3.80. The highest BCUT2D eigenvalue weighted by Gasteiger charge is 2.31. The predicted molar refractivity (Wildman–Crippen MR) is 74.7 cm³/mol. The lowest BCUT2D eigenvalue weighted by molar-refractivity contribution is -0.117. The minimum Gasteiger partial charge on any atom is -0.325 e. The van der Waals surface area contributed by atoms with Crippen molar-refractivity contribution >= 4 is 11.6 Å². The zero-order valence-electron chi connectivity index (χ0n) is 11.4. The Kier molecular flexibility index (Phi) is 4.18. The van der Waals surface area contributed by atoms with Gasteiger partial charge < -0.3 is 5.32 Å². The average Bonchev–Trinajstić information content (AvgIpc) is 3.20. The minimum atomic E-state index is -0.0179. The van der Waals surface area contributed by atoms with Crippen LogP contribution in [0.2, 0.25) is 0 Å². The van der Waals surface area contributed by atoms with Crippen LogP contribution in [0.1, 0.15) is 32.3 Å². The van der Waals surface area contributed by atoms with Gasteiger partial charge in [0.1, 0.15) is 0 Å². The van der Waals surface area contributed by atoms with Gasteiger partial charge in [-0.15, -0.1) is 0 Å². The molecule has 1 N–H and O–H groups in total. The standard InChI is InChI=1S/C15H19N3O/c1-11(2)18(14-6-7-14)10-15(19)17-13-5-3-4-12(8-13)9-16/h3-5,8,11,14H,6-7,10H2,1-2H3,(H,17,19). The molecule has 2 rings (SSSR count). The van der Waals surface area contributed by atoms with Crippen molar-refractivity contribution in [1.29, 1.82) is 5.26 Å². The van der Waals surface area contributed by atoms with E-state index in [9.17, 15) is 4.79 Å². The summed E-state index contributed by atoms with van der Waals surface area (Å²) >= 11 is 0. The number of carbonyl (C=O) groups is 1. The van der Waals surface area contributed by atoms with Gasteiger partial charge >= 0.3 is 0 Å². The van der Waals surface area contributed by atoms with E-state index in [4.69, 9.17) is 5.26 Å². The second-order valence-corrected chi connectivity index (χ2v) is 5.24. The fourth-order valence-corrected chi connectivity index (χ4v) is 2.17. The van der Waals surface area contributed by atoms with E-state index in [1.54, 1.807) is 24.3 Å². The number of nitrogens with zero attached hydrogens (tertiary/aromatic N) is 2. The van der Waals surface area contributed by atoms with Crippen molar-refractivity contribution in [3.63, 3.8) is 0 Å². The number of amides is 1. The van der Waals surface area contributed by atoms with Gasteiger partial charge in [-0.3, -0.25) is 9.69 Å². The fourth-order valence-electron chi connectivity index (χ4n) is 2.17. The van der Waals surface area contributed by atoms with Gasteiger partial charge in [0.25, 0.3) is 0 Å². The molecule has 1 amide bonds. The number of hydrogen-bond donors (Lipinski definition) is 1.